The van der Waals surface area contributed by atoms with Crippen molar-refractivity contribution >= 4 is 39.1 Å². The van der Waals surface area contributed by atoms with Gasteiger partial charge in [-0.15, -0.1) is 11.3 Å². The van der Waals surface area contributed by atoms with Crippen LogP contribution in [0.4, 0.5) is 0 Å². The maximum absolute atomic E-state index is 13.1. The molecule has 0 spiro atoms. The van der Waals surface area contributed by atoms with Crippen LogP contribution in [0.2, 0.25) is 5.02 Å². The second kappa shape index (κ2) is 8.99. The van der Waals surface area contributed by atoms with E-state index in [1.165, 1.54) is 20.8 Å². The van der Waals surface area contributed by atoms with E-state index in [1.807, 2.05) is 24.3 Å². The molecule has 2 aromatic heterocycles. The number of nitrogens with zero attached hydrogens (tertiary/aromatic N) is 3. The highest BCUT2D eigenvalue weighted by Gasteiger charge is 2.22. The molecule has 0 saturated carbocycles. The number of hydrogen-bond donors (Lipinski definition) is 0. The predicted octanol–water partition coefficient (Wildman–Crippen LogP) is 4.19. The molecule has 0 N–H and O–H groups in total. The fraction of sp³-hybridized carbons (Fsp3) is 0.364. The first-order chi connectivity index (χ1) is 14.6. The number of halogens is 1. The minimum Gasteiger partial charge on any atom is -0.457 e. The molecule has 2 heterocycles. The van der Waals surface area contributed by atoms with Crippen molar-refractivity contribution in [2.24, 2.45) is 0 Å². The summed E-state index contributed by atoms with van der Waals surface area (Å²) < 4.78 is 6.70. The zero-order valence-electron chi connectivity index (χ0n) is 16.3. The summed E-state index contributed by atoms with van der Waals surface area (Å²) in [6.45, 7) is -0.268. The van der Waals surface area contributed by atoms with Gasteiger partial charge in [-0.05, 0) is 49.3 Å². The number of aromatic nitrogens is 2. The van der Waals surface area contributed by atoms with Crippen LogP contribution in [0.5, 0.6) is 0 Å². The first-order valence-corrected chi connectivity index (χ1v) is 11.1. The fourth-order valence-electron chi connectivity index (χ4n) is 3.78. The number of aryl methyl sites for hydroxylation is 3. The van der Waals surface area contributed by atoms with E-state index in [9.17, 15) is 14.9 Å². The van der Waals surface area contributed by atoms with Gasteiger partial charge in [0.1, 0.15) is 18.0 Å². The molecule has 1 aliphatic rings. The van der Waals surface area contributed by atoms with Crippen LogP contribution in [0.25, 0.3) is 10.2 Å². The molecule has 154 valence electrons. The molecule has 3 aromatic rings. The van der Waals surface area contributed by atoms with Crippen LogP contribution < -0.4 is 5.56 Å². The number of ether oxygens (including phenoxy) is 1. The van der Waals surface area contributed by atoms with Gasteiger partial charge in [-0.3, -0.25) is 14.2 Å². The lowest BCUT2D eigenvalue weighted by atomic mass is 9.97. The molecule has 0 saturated heterocycles. The van der Waals surface area contributed by atoms with Crippen molar-refractivity contribution in [1.82, 2.24) is 9.55 Å². The molecule has 1 aromatic carbocycles. The molecule has 0 bridgehead atoms. The minimum absolute atomic E-state index is 0.126. The molecule has 0 unspecified atom stereocenters. The monoisotopic (exact) mass is 441 g/mol. The van der Waals surface area contributed by atoms with Gasteiger partial charge in [-0.25, -0.2) is 4.98 Å². The largest absolute Gasteiger partial charge is 0.457 e. The lowest BCUT2D eigenvalue weighted by molar-refractivity contribution is -0.145. The van der Waals surface area contributed by atoms with E-state index in [4.69, 9.17) is 16.3 Å². The van der Waals surface area contributed by atoms with Crippen LogP contribution in [0.15, 0.2) is 29.1 Å². The topological polar surface area (TPSA) is 85.0 Å². The average Bonchev–Trinajstić information content (AvgIpc) is 3.12. The zero-order valence-corrected chi connectivity index (χ0v) is 17.9. The van der Waals surface area contributed by atoms with Crippen LogP contribution >= 0.6 is 22.9 Å². The van der Waals surface area contributed by atoms with Gasteiger partial charge in [0.2, 0.25) is 0 Å². The van der Waals surface area contributed by atoms with E-state index in [2.05, 4.69) is 4.98 Å². The summed E-state index contributed by atoms with van der Waals surface area (Å²) in [4.78, 5) is 31.8. The van der Waals surface area contributed by atoms with Crippen LogP contribution in [0.1, 0.15) is 41.1 Å². The minimum atomic E-state index is -0.404. The molecule has 6 nitrogen and oxygen atoms in total. The Hall–Kier alpha value is -2.69. The summed E-state index contributed by atoms with van der Waals surface area (Å²) in [6.07, 6.45) is 4.63. The van der Waals surface area contributed by atoms with Gasteiger partial charge in [0.05, 0.1) is 11.5 Å². The van der Waals surface area contributed by atoms with Crippen LogP contribution in [0.3, 0.4) is 0 Å². The lowest BCUT2D eigenvalue weighted by Crippen LogP contribution is -2.26. The van der Waals surface area contributed by atoms with Crippen molar-refractivity contribution in [3.05, 3.63) is 61.5 Å². The Kier molecular flexibility index (Phi) is 6.16. The van der Waals surface area contributed by atoms with Gasteiger partial charge in [0.15, 0.2) is 5.82 Å². The first kappa shape index (κ1) is 20.6. The smallest absolute Gasteiger partial charge is 0.306 e. The number of carbonyl (C=O) groups excluding carboxylic acids is 1. The standard InChI is InChI=1S/C22H20ClN3O3S/c23-16-7-3-1-5-14(16)9-10-19(27)29-13-18-25-21-20(22(28)26(18)12-11-24)15-6-2-4-8-17(15)30-21/h1,3,5,7H,2,4,6,8-10,12-13H2. The number of hydrogen-bond acceptors (Lipinski definition) is 6. The SMILES string of the molecule is N#CCn1c(COC(=O)CCc2ccccc2Cl)nc2sc3c(c2c1=O)CCCC3. The number of fused-ring (bicyclic) bond motifs is 3. The second-order valence-corrected chi connectivity index (χ2v) is 8.71. The maximum Gasteiger partial charge on any atom is 0.306 e. The highest BCUT2D eigenvalue weighted by molar-refractivity contribution is 7.18. The van der Waals surface area contributed by atoms with Crippen LogP contribution in [-0.4, -0.2) is 15.5 Å². The first-order valence-electron chi connectivity index (χ1n) is 9.88. The number of carbonyl (C=O) groups is 1. The number of benzene rings is 1. The molecule has 0 radical (unpaired) electrons. The van der Waals surface area contributed by atoms with E-state index in [1.54, 1.807) is 6.07 Å². The third-order valence-corrected chi connectivity index (χ3v) is 6.86. The molecular formula is C22H20ClN3O3S. The lowest BCUT2D eigenvalue weighted by Gasteiger charge is -2.12. The highest BCUT2D eigenvalue weighted by atomic mass is 35.5. The van der Waals surface area contributed by atoms with E-state index in [0.29, 0.717) is 27.5 Å². The van der Waals surface area contributed by atoms with Crippen LogP contribution in [0, 0.1) is 11.3 Å². The van der Waals surface area contributed by atoms with Crippen molar-refractivity contribution in [2.45, 2.75) is 51.7 Å². The Morgan fingerprint density at radius 3 is 2.90 bits per heavy atom. The number of nitriles is 1. The Labute approximate surface area is 182 Å². The zero-order chi connectivity index (χ0) is 21.1. The van der Waals surface area contributed by atoms with Crippen molar-refractivity contribution in [2.75, 3.05) is 0 Å². The third kappa shape index (κ3) is 4.11. The average molecular weight is 442 g/mol. The molecule has 1 aliphatic carbocycles. The van der Waals surface area contributed by atoms with Crippen molar-refractivity contribution in [1.29, 1.82) is 5.26 Å². The summed E-state index contributed by atoms with van der Waals surface area (Å²) in [5.74, 6) is -0.100. The molecular weight excluding hydrogens is 422 g/mol. The summed E-state index contributed by atoms with van der Waals surface area (Å²) >= 11 is 7.66. The van der Waals surface area contributed by atoms with E-state index in [0.717, 1.165) is 36.8 Å². The van der Waals surface area contributed by atoms with Crippen molar-refractivity contribution in [3.8, 4) is 6.07 Å². The third-order valence-electron chi connectivity index (χ3n) is 5.30. The maximum atomic E-state index is 13.1. The fourth-order valence-corrected chi connectivity index (χ4v) is 5.28. The normalized spacial score (nSPS) is 13.1. The Bertz CT molecular complexity index is 1210. The van der Waals surface area contributed by atoms with Gasteiger partial charge >= 0.3 is 5.97 Å². The highest BCUT2D eigenvalue weighted by Crippen LogP contribution is 2.33. The second-order valence-electron chi connectivity index (χ2n) is 7.22. The number of thiophene rings is 1. The molecule has 0 aliphatic heterocycles. The van der Waals surface area contributed by atoms with Gasteiger partial charge in [0.25, 0.3) is 5.56 Å². The van der Waals surface area contributed by atoms with Crippen molar-refractivity contribution < 1.29 is 9.53 Å². The Balaban J connectivity index is 1.54. The molecule has 8 heteroatoms. The quantitative estimate of drug-likeness (QED) is 0.535. The van der Waals surface area contributed by atoms with Gasteiger partial charge < -0.3 is 4.74 Å². The molecule has 0 amide bonds. The van der Waals surface area contributed by atoms with Crippen LogP contribution in [-0.2, 0) is 41.9 Å². The molecule has 4 rings (SSSR count). The number of rotatable bonds is 6. The van der Waals surface area contributed by atoms with Gasteiger partial charge in [-0.1, -0.05) is 29.8 Å². The number of esters is 1. The predicted molar refractivity (Wildman–Crippen MR) is 116 cm³/mol. The van der Waals surface area contributed by atoms with E-state index >= 15 is 0 Å². The summed E-state index contributed by atoms with van der Waals surface area (Å²) in [5, 5.41) is 10.4. The summed E-state index contributed by atoms with van der Waals surface area (Å²) in [5.41, 5.74) is 1.73. The van der Waals surface area contributed by atoms with Crippen molar-refractivity contribution in [3.63, 3.8) is 0 Å². The molecule has 30 heavy (non-hydrogen) atoms. The van der Waals surface area contributed by atoms with E-state index in [-0.39, 0.29) is 25.1 Å². The summed E-state index contributed by atoms with van der Waals surface area (Å²) in [7, 11) is 0. The Morgan fingerprint density at radius 2 is 2.10 bits per heavy atom. The summed E-state index contributed by atoms with van der Waals surface area (Å²) in [6, 6.07) is 9.37. The Morgan fingerprint density at radius 1 is 1.30 bits per heavy atom. The molecule has 0 atom stereocenters. The van der Waals surface area contributed by atoms with Gasteiger partial charge in [0, 0.05) is 16.3 Å². The van der Waals surface area contributed by atoms with Gasteiger partial charge in [-0.2, -0.15) is 5.26 Å². The molecule has 0 fully saturated rings. The van der Waals surface area contributed by atoms with E-state index < -0.39 is 5.97 Å².